The maximum atomic E-state index is 13.1. The Balaban J connectivity index is 2.04. The summed E-state index contributed by atoms with van der Waals surface area (Å²) < 4.78 is 39.2. The van der Waals surface area contributed by atoms with Gasteiger partial charge in [-0.05, 0) is 40.9 Å². The number of hydrogen-bond donors (Lipinski definition) is 3. The van der Waals surface area contributed by atoms with E-state index in [0.717, 1.165) is 22.6 Å². The highest BCUT2D eigenvalue weighted by atomic mass is 32.1. The fourth-order valence-electron chi connectivity index (χ4n) is 2.56. The Morgan fingerprint density at radius 1 is 1.25 bits per heavy atom. The first-order chi connectivity index (χ1) is 13.1. The summed E-state index contributed by atoms with van der Waals surface area (Å²) in [5.74, 6) is -2.72. The summed E-state index contributed by atoms with van der Waals surface area (Å²) in [6.45, 7) is -0.544. The van der Waals surface area contributed by atoms with Gasteiger partial charge in [0.1, 0.15) is 0 Å². The number of amides is 2. The van der Waals surface area contributed by atoms with Crippen LogP contribution in [0.1, 0.15) is 21.5 Å². The monoisotopic (exact) mass is 414 g/mol. The molecule has 0 aliphatic rings. The summed E-state index contributed by atoms with van der Waals surface area (Å²) in [4.78, 5) is 25.4. The van der Waals surface area contributed by atoms with Crippen LogP contribution in [-0.2, 0) is 17.4 Å². The average Bonchev–Trinajstić information content (AvgIpc) is 3.12. The fraction of sp³-hybridized carbons (Fsp3) is 0.294. The molecule has 1 aromatic carbocycles. The fourth-order valence-corrected chi connectivity index (χ4v) is 3.24. The number of nitrogens with one attached hydrogen (secondary N) is 1. The van der Waals surface area contributed by atoms with Crippen LogP contribution in [0.2, 0.25) is 0 Å². The van der Waals surface area contributed by atoms with Crippen molar-refractivity contribution < 1.29 is 32.8 Å². The molecule has 0 radical (unpaired) electrons. The Bertz CT molecular complexity index is 815. The van der Waals surface area contributed by atoms with Crippen LogP contribution in [0.5, 0.6) is 0 Å². The number of hydrogen-bond acceptors (Lipinski definition) is 5. The molecule has 0 fully saturated rings. The quantitative estimate of drug-likeness (QED) is 0.601. The highest BCUT2D eigenvalue weighted by Crippen LogP contribution is 2.32. The Hall–Kier alpha value is -2.37. The van der Waals surface area contributed by atoms with E-state index < -0.39 is 48.7 Å². The van der Waals surface area contributed by atoms with Crippen molar-refractivity contribution in [2.75, 3.05) is 13.6 Å². The first kappa shape index (κ1) is 21.9. The van der Waals surface area contributed by atoms with Crippen molar-refractivity contribution in [2.45, 2.75) is 18.5 Å². The standard InChI is InChI=1S/C17H18BF3N2O4S/c1-23(16(25)12-4-2-3-5-13(12)17(19,20)21)9-15(24)22-14(18(26)27)8-11-6-7-28-10-11/h2-7,10,14,26-27H,8-9H2,1H3,(H,22,24)/t14-/m0/s1. The third-order valence-corrected chi connectivity index (χ3v) is 4.66. The molecule has 1 aromatic heterocycles. The van der Waals surface area contributed by atoms with Gasteiger partial charge in [0.25, 0.3) is 5.91 Å². The number of thiophene rings is 1. The summed E-state index contributed by atoms with van der Waals surface area (Å²) in [5.41, 5.74) is -0.873. The molecule has 1 atom stereocenters. The molecule has 0 saturated carbocycles. The van der Waals surface area contributed by atoms with E-state index in [4.69, 9.17) is 0 Å². The molecule has 150 valence electrons. The van der Waals surface area contributed by atoms with Gasteiger partial charge in [-0.2, -0.15) is 24.5 Å². The Morgan fingerprint density at radius 3 is 2.50 bits per heavy atom. The predicted molar refractivity (Wildman–Crippen MR) is 98.5 cm³/mol. The topological polar surface area (TPSA) is 89.9 Å². The second-order valence-electron chi connectivity index (χ2n) is 6.13. The Morgan fingerprint density at radius 2 is 1.93 bits per heavy atom. The maximum Gasteiger partial charge on any atom is 0.475 e. The van der Waals surface area contributed by atoms with Crippen LogP contribution >= 0.6 is 11.3 Å². The van der Waals surface area contributed by atoms with Gasteiger partial charge in [-0.15, -0.1) is 0 Å². The second kappa shape index (κ2) is 9.22. The zero-order valence-electron chi connectivity index (χ0n) is 14.8. The van der Waals surface area contributed by atoms with Gasteiger partial charge >= 0.3 is 13.3 Å². The minimum absolute atomic E-state index is 0.154. The molecule has 3 N–H and O–H groups in total. The summed E-state index contributed by atoms with van der Waals surface area (Å²) in [6, 6.07) is 6.06. The van der Waals surface area contributed by atoms with Crippen molar-refractivity contribution >= 4 is 30.3 Å². The van der Waals surface area contributed by atoms with E-state index in [1.807, 2.05) is 0 Å². The number of carbonyl (C=O) groups is 2. The number of rotatable bonds is 7. The van der Waals surface area contributed by atoms with E-state index in [2.05, 4.69) is 5.32 Å². The van der Waals surface area contributed by atoms with Crippen LogP contribution in [0, 0.1) is 0 Å². The predicted octanol–water partition coefficient (Wildman–Crippen LogP) is 1.58. The summed E-state index contributed by atoms with van der Waals surface area (Å²) in [7, 11) is -0.644. The Labute approximate surface area is 163 Å². The molecule has 0 bridgehead atoms. The molecule has 0 aliphatic carbocycles. The number of benzene rings is 1. The van der Waals surface area contributed by atoms with Gasteiger partial charge in [0.2, 0.25) is 5.91 Å². The largest absolute Gasteiger partial charge is 0.475 e. The van der Waals surface area contributed by atoms with E-state index in [9.17, 15) is 32.8 Å². The second-order valence-corrected chi connectivity index (χ2v) is 6.91. The van der Waals surface area contributed by atoms with Crippen LogP contribution in [0.3, 0.4) is 0 Å². The molecule has 6 nitrogen and oxygen atoms in total. The average molecular weight is 414 g/mol. The number of likely N-dealkylation sites (N-methyl/N-ethyl adjacent to an activating group) is 1. The van der Waals surface area contributed by atoms with E-state index >= 15 is 0 Å². The number of nitrogens with zero attached hydrogens (tertiary/aromatic N) is 1. The zero-order valence-corrected chi connectivity index (χ0v) is 15.6. The summed E-state index contributed by atoms with van der Waals surface area (Å²) in [6.07, 6.45) is -4.55. The third-order valence-electron chi connectivity index (χ3n) is 3.93. The van der Waals surface area contributed by atoms with Gasteiger partial charge in [-0.3, -0.25) is 9.59 Å². The van der Waals surface area contributed by atoms with E-state index in [0.29, 0.717) is 0 Å². The SMILES string of the molecule is CN(CC(=O)N[C@@H](Cc1ccsc1)B(O)O)C(=O)c1ccccc1C(F)(F)F. The van der Waals surface area contributed by atoms with Crippen LogP contribution in [0.25, 0.3) is 0 Å². The molecule has 2 rings (SSSR count). The highest BCUT2D eigenvalue weighted by Gasteiger charge is 2.36. The lowest BCUT2D eigenvalue weighted by molar-refractivity contribution is -0.138. The Kier molecular flexibility index (Phi) is 7.22. The van der Waals surface area contributed by atoms with Gasteiger partial charge in [-0.25, -0.2) is 0 Å². The van der Waals surface area contributed by atoms with Gasteiger partial charge in [-0.1, -0.05) is 12.1 Å². The van der Waals surface area contributed by atoms with Crippen LogP contribution < -0.4 is 5.32 Å². The molecule has 11 heteroatoms. The van der Waals surface area contributed by atoms with Crippen LogP contribution in [0.4, 0.5) is 13.2 Å². The number of halogens is 3. The smallest absolute Gasteiger partial charge is 0.426 e. The van der Waals surface area contributed by atoms with Gasteiger partial charge in [0, 0.05) is 7.05 Å². The molecule has 28 heavy (non-hydrogen) atoms. The van der Waals surface area contributed by atoms with E-state index in [-0.39, 0.29) is 6.42 Å². The van der Waals surface area contributed by atoms with Gasteiger partial charge in [0.15, 0.2) is 0 Å². The van der Waals surface area contributed by atoms with Crippen molar-refractivity contribution in [1.82, 2.24) is 10.2 Å². The molecular formula is C17H18BF3N2O4S. The zero-order chi connectivity index (χ0) is 20.9. The third kappa shape index (κ3) is 5.81. The molecule has 0 spiro atoms. The molecule has 2 aromatic rings. The van der Waals surface area contributed by atoms with E-state index in [1.54, 1.807) is 16.8 Å². The molecule has 0 unspecified atom stereocenters. The van der Waals surface area contributed by atoms with Crippen LogP contribution in [0.15, 0.2) is 41.1 Å². The highest BCUT2D eigenvalue weighted by molar-refractivity contribution is 7.07. The lowest BCUT2D eigenvalue weighted by atomic mass is 9.76. The van der Waals surface area contributed by atoms with Gasteiger partial charge in [0.05, 0.1) is 23.6 Å². The molecule has 0 aliphatic heterocycles. The lowest BCUT2D eigenvalue weighted by Crippen LogP contribution is -2.50. The number of carbonyl (C=O) groups excluding carboxylic acids is 2. The first-order valence-corrected chi connectivity index (χ1v) is 9.12. The maximum absolute atomic E-state index is 13.1. The van der Waals surface area contributed by atoms with E-state index in [1.165, 1.54) is 30.5 Å². The molecular weight excluding hydrogens is 396 g/mol. The summed E-state index contributed by atoms with van der Waals surface area (Å²) >= 11 is 1.41. The minimum atomic E-state index is -4.71. The van der Waals surface area contributed by atoms with Gasteiger partial charge < -0.3 is 20.3 Å². The lowest BCUT2D eigenvalue weighted by Gasteiger charge is -2.22. The van der Waals surface area contributed by atoms with Crippen LogP contribution in [-0.4, -0.2) is 53.4 Å². The first-order valence-electron chi connectivity index (χ1n) is 8.18. The van der Waals surface area contributed by atoms with Crippen molar-refractivity contribution in [3.8, 4) is 0 Å². The molecule has 1 heterocycles. The van der Waals surface area contributed by atoms with Crippen molar-refractivity contribution in [1.29, 1.82) is 0 Å². The van der Waals surface area contributed by atoms with Crippen molar-refractivity contribution in [2.24, 2.45) is 0 Å². The van der Waals surface area contributed by atoms with Crippen molar-refractivity contribution in [3.05, 3.63) is 57.8 Å². The van der Waals surface area contributed by atoms with Crippen molar-refractivity contribution in [3.63, 3.8) is 0 Å². The molecule has 0 saturated heterocycles. The normalized spacial score (nSPS) is 12.4. The summed E-state index contributed by atoms with van der Waals surface area (Å²) in [5, 5.41) is 24.9. The number of alkyl halides is 3. The molecule has 2 amide bonds. The minimum Gasteiger partial charge on any atom is -0.426 e.